The molecule has 1 fully saturated rings. The molecule has 0 unspecified atom stereocenters. The highest BCUT2D eigenvalue weighted by Crippen LogP contribution is 2.26. The maximum absolute atomic E-state index is 4.61. The fourth-order valence-electron chi connectivity index (χ4n) is 2.33. The van der Waals surface area contributed by atoms with Crippen molar-refractivity contribution in [2.75, 3.05) is 24.5 Å². The molecule has 7 heteroatoms. The molecule has 2 aromatic rings. The van der Waals surface area contributed by atoms with Gasteiger partial charge in [0, 0.05) is 40.2 Å². The van der Waals surface area contributed by atoms with E-state index in [1.54, 1.807) is 0 Å². The number of rotatable bonds is 2. The first kappa shape index (κ1) is 14.0. The Morgan fingerprint density at radius 2 is 2.00 bits per heavy atom. The summed E-state index contributed by atoms with van der Waals surface area (Å²) in [4.78, 5) is 6.81. The van der Waals surface area contributed by atoms with Crippen molar-refractivity contribution in [1.29, 1.82) is 0 Å². The second-order valence-corrected chi connectivity index (χ2v) is 6.77. The number of anilines is 1. The predicted molar refractivity (Wildman–Crippen MR) is 86.9 cm³/mol. The van der Waals surface area contributed by atoms with Gasteiger partial charge in [-0.3, -0.25) is 5.10 Å². The van der Waals surface area contributed by atoms with Crippen LogP contribution in [0.25, 0.3) is 11.4 Å². The Labute approximate surface area is 134 Å². The number of hydrogen-bond acceptors (Lipinski definition) is 4. The summed E-state index contributed by atoms with van der Waals surface area (Å²) in [6.45, 7) is 5.00. The molecule has 1 saturated heterocycles. The largest absolute Gasteiger partial charge is 0.337 e. The summed E-state index contributed by atoms with van der Waals surface area (Å²) in [5.74, 6) is 1.55. The van der Waals surface area contributed by atoms with Crippen molar-refractivity contribution >= 4 is 37.8 Å². The summed E-state index contributed by atoms with van der Waals surface area (Å²) in [6.07, 6.45) is 0. The molecular weight excluding hydrogens is 386 g/mol. The van der Waals surface area contributed by atoms with Crippen LogP contribution in [0, 0.1) is 0 Å². The van der Waals surface area contributed by atoms with E-state index in [4.69, 9.17) is 0 Å². The number of benzene rings is 1. The highest BCUT2D eigenvalue weighted by atomic mass is 79.9. The van der Waals surface area contributed by atoms with Crippen LogP contribution in [0.5, 0.6) is 0 Å². The van der Waals surface area contributed by atoms with Gasteiger partial charge < -0.3 is 10.2 Å². The number of nitrogens with zero attached hydrogens (tertiary/aromatic N) is 3. The molecule has 0 saturated carbocycles. The predicted octanol–water partition coefficient (Wildman–Crippen LogP) is 2.79. The summed E-state index contributed by atoms with van der Waals surface area (Å²) in [6, 6.07) is 6.51. The van der Waals surface area contributed by atoms with Gasteiger partial charge in [0.2, 0.25) is 5.95 Å². The minimum Gasteiger partial charge on any atom is -0.337 e. The van der Waals surface area contributed by atoms with Gasteiger partial charge >= 0.3 is 0 Å². The SMILES string of the molecule is C[C@@H]1CN(c2n[nH]c(-c3cc(Br)cc(Br)c3)n2)CCN1. The summed E-state index contributed by atoms with van der Waals surface area (Å²) in [5.41, 5.74) is 1.01. The Bertz CT molecular complexity index is 592. The third-order valence-electron chi connectivity index (χ3n) is 3.26. The van der Waals surface area contributed by atoms with E-state index in [1.807, 2.05) is 18.2 Å². The molecule has 1 aromatic carbocycles. The molecule has 106 valence electrons. The molecule has 0 radical (unpaired) electrons. The van der Waals surface area contributed by atoms with Gasteiger partial charge in [0.1, 0.15) is 0 Å². The van der Waals surface area contributed by atoms with E-state index >= 15 is 0 Å². The molecule has 1 aliphatic rings. The van der Waals surface area contributed by atoms with E-state index < -0.39 is 0 Å². The third-order valence-corrected chi connectivity index (χ3v) is 4.18. The zero-order chi connectivity index (χ0) is 14.1. The second kappa shape index (κ2) is 5.83. The van der Waals surface area contributed by atoms with Gasteiger partial charge in [-0.25, -0.2) is 0 Å². The minimum absolute atomic E-state index is 0.464. The van der Waals surface area contributed by atoms with Crippen LogP contribution in [-0.4, -0.2) is 40.9 Å². The topological polar surface area (TPSA) is 56.8 Å². The van der Waals surface area contributed by atoms with Crippen molar-refractivity contribution in [3.8, 4) is 11.4 Å². The van der Waals surface area contributed by atoms with Gasteiger partial charge in [-0.1, -0.05) is 31.9 Å². The van der Waals surface area contributed by atoms with Crippen LogP contribution in [0.4, 0.5) is 5.95 Å². The second-order valence-electron chi connectivity index (χ2n) is 4.94. The molecule has 1 aliphatic heterocycles. The van der Waals surface area contributed by atoms with Crippen LogP contribution in [0.2, 0.25) is 0 Å². The van der Waals surface area contributed by atoms with Crippen LogP contribution < -0.4 is 10.2 Å². The lowest BCUT2D eigenvalue weighted by Gasteiger charge is -2.30. The Morgan fingerprint density at radius 1 is 1.25 bits per heavy atom. The number of H-pyrrole nitrogens is 1. The van der Waals surface area contributed by atoms with E-state index in [1.165, 1.54) is 0 Å². The highest BCUT2D eigenvalue weighted by molar-refractivity contribution is 9.11. The summed E-state index contributed by atoms with van der Waals surface area (Å²) < 4.78 is 2.02. The van der Waals surface area contributed by atoms with E-state index in [9.17, 15) is 0 Å². The van der Waals surface area contributed by atoms with Crippen molar-refractivity contribution in [2.24, 2.45) is 0 Å². The number of aromatic amines is 1. The van der Waals surface area contributed by atoms with Gasteiger partial charge in [0.15, 0.2) is 5.82 Å². The van der Waals surface area contributed by atoms with Crippen LogP contribution in [0.3, 0.4) is 0 Å². The first-order valence-corrected chi connectivity index (χ1v) is 8.07. The van der Waals surface area contributed by atoms with Crippen LogP contribution in [0.1, 0.15) is 6.92 Å². The minimum atomic E-state index is 0.464. The van der Waals surface area contributed by atoms with Gasteiger partial charge in [0.05, 0.1) is 0 Å². The monoisotopic (exact) mass is 399 g/mol. The molecule has 2 heterocycles. The first-order valence-electron chi connectivity index (χ1n) is 6.49. The zero-order valence-electron chi connectivity index (χ0n) is 11.0. The summed E-state index contributed by atoms with van der Waals surface area (Å²) >= 11 is 6.98. The smallest absolute Gasteiger partial charge is 0.245 e. The first-order chi connectivity index (χ1) is 9.61. The third kappa shape index (κ3) is 3.05. The fraction of sp³-hybridized carbons (Fsp3) is 0.385. The average molecular weight is 401 g/mol. The van der Waals surface area contributed by atoms with Crippen molar-refractivity contribution in [3.05, 3.63) is 27.1 Å². The molecule has 5 nitrogen and oxygen atoms in total. The highest BCUT2D eigenvalue weighted by Gasteiger charge is 2.19. The van der Waals surface area contributed by atoms with E-state index in [0.717, 1.165) is 45.9 Å². The molecule has 1 aromatic heterocycles. The van der Waals surface area contributed by atoms with Gasteiger partial charge in [0.25, 0.3) is 0 Å². The van der Waals surface area contributed by atoms with Crippen molar-refractivity contribution < 1.29 is 0 Å². The molecule has 1 atom stereocenters. The molecule has 0 aliphatic carbocycles. The Hall–Kier alpha value is -0.920. The molecule has 0 amide bonds. The Kier molecular flexibility index (Phi) is 4.09. The van der Waals surface area contributed by atoms with E-state index in [-0.39, 0.29) is 0 Å². The number of aromatic nitrogens is 3. The van der Waals surface area contributed by atoms with Crippen LogP contribution >= 0.6 is 31.9 Å². The molecule has 0 bridgehead atoms. The number of nitrogens with one attached hydrogen (secondary N) is 2. The quantitative estimate of drug-likeness (QED) is 0.813. The Morgan fingerprint density at radius 3 is 2.70 bits per heavy atom. The molecule has 3 rings (SSSR count). The lowest BCUT2D eigenvalue weighted by molar-refractivity contribution is 0.480. The zero-order valence-corrected chi connectivity index (χ0v) is 14.2. The van der Waals surface area contributed by atoms with Gasteiger partial charge in [-0.05, 0) is 25.1 Å². The molecule has 20 heavy (non-hydrogen) atoms. The van der Waals surface area contributed by atoms with Crippen LogP contribution in [0.15, 0.2) is 27.1 Å². The lowest BCUT2D eigenvalue weighted by Crippen LogP contribution is -2.49. The maximum atomic E-state index is 4.61. The average Bonchev–Trinajstić information content (AvgIpc) is 2.87. The summed E-state index contributed by atoms with van der Waals surface area (Å²) in [7, 11) is 0. The van der Waals surface area contributed by atoms with E-state index in [0.29, 0.717) is 6.04 Å². The number of hydrogen-bond donors (Lipinski definition) is 2. The normalized spacial score (nSPS) is 19.4. The molecule has 2 N–H and O–H groups in total. The Balaban J connectivity index is 1.86. The maximum Gasteiger partial charge on any atom is 0.245 e. The lowest BCUT2D eigenvalue weighted by atomic mass is 10.2. The van der Waals surface area contributed by atoms with Crippen molar-refractivity contribution in [3.63, 3.8) is 0 Å². The standard InChI is InChI=1S/C13H15Br2N5/c1-8-7-20(3-2-16-8)13-17-12(18-19-13)9-4-10(14)6-11(15)5-9/h4-6,8,16H,2-3,7H2,1H3,(H,17,18,19)/t8-/m1/s1. The van der Waals surface area contributed by atoms with E-state index in [2.05, 4.69) is 64.2 Å². The van der Waals surface area contributed by atoms with Crippen molar-refractivity contribution in [1.82, 2.24) is 20.5 Å². The molecule has 0 spiro atoms. The fourth-order valence-corrected chi connectivity index (χ4v) is 3.62. The number of piperazine rings is 1. The van der Waals surface area contributed by atoms with Gasteiger partial charge in [-0.2, -0.15) is 4.98 Å². The van der Waals surface area contributed by atoms with Gasteiger partial charge in [-0.15, -0.1) is 5.10 Å². The van der Waals surface area contributed by atoms with Crippen molar-refractivity contribution in [2.45, 2.75) is 13.0 Å². The number of halogens is 2. The summed E-state index contributed by atoms with van der Waals surface area (Å²) in [5, 5.41) is 10.8. The van der Waals surface area contributed by atoms with Crippen LogP contribution in [-0.2, 0) is 0 Å². The molecular formula is C13H15Br2N5.